The zero-order valence-electron chi connectivity index (χ0n) is 18.2. The molecule has 0 fully saturated rings. The Bertz CT molecular complexity index is 1100. The second kappa shape index (κ2) is 9.96. The first-order valence-electron chi connectivity index (χ1n) is 10.7. The van der Waals surface area contributed by atoms with E-state index < -0.39 is 18.1 Å². The van der Waals surface area contributed by atoms with Crippen LogP contribution < -0.4 is 10.2 Å². The summed E-state index contributed by atoms with van der Waals surface area (Å²) in [6.45, 7) is 0.569. The zero-order chi connectivity index (χ0) is 23.4. The molecule has 0 saturated heterocycles. The van der Waals surface area contributed by atoms with Gasteiger partial charge in [0.2, 0.25) is 0 Å². The predicted molar refractivity (Wildman–Crippen MR) is 129 cm³/mol. The molecule has 1 aliphatic carbocycles. The number of halogens is 1. The molecule has 1 amide bonds. The van der Waals surface area contributed by atoms with Crippen LogP contribution >= 0.6 is 11.6 Å². The molecule has 0 aliphatic heterocycles. The van der Waals surface area contributed by atoms with Gasteiger partial charge in [0.1, 0.15) is 12.6 Å². The lowest BCUT2D eigenvalue weighted by atomic mass is 9.98. The van der Waals surface area contributed by atoms with Crippen LogP contribution in [0.5, 0.6) is 0 Å². The highest BCUT2D eigenvalue weighted by Crippen LogP contribution is 2.44. The van der Waals surface area contributed by atoms with Crippen LogP contribution in [0.2, 0.25) is 5.02 Å². The number of carboxylic acid groups (broad SMARTS) is 1. The second-order valence-corrected chi connectivity index (χ2v) is 8.48. The summed E-state index contributed by atoms with van der Waals surface area (Å²) < 4.78 is 5.48. The first kappa shape index (κ1) is 22.7. The lowest BCUT2D eigenvalue weighted by molar-refractivity contribution is -0.139. The van der Waals surface area contributed by atoms with Crippen LogP contribution in [-0.4, -0.2) is 43.4 Å². The molecular formula is C26H25ClN2O4. The summed E-state index contributed by atoms with van der Waals surface area (Å²) in [5.74, 6) is -1.18. The molecule has 2 N–H and O–H groups in total. The van der Waals surface area contributed by atoms with Crippen LogP contribution in [0.25, 0.3) is 11.1 Å². The van der Waals surface area contributed by atoms with E-state index in [0.29, 0.717) is 11.6 Å². The van der Waals surface area contributed by atoms with E-state index in [-0.39, 0.29) is 18.9 Å². The standard InChI is InChI=1S/C26H25ClN2O4/c1-29(18-12-10-17(27)11-13-18)15-14-24(25(30)31)28-26(32)33-16-23-21-8-4-2-6-19(21)20-7-3-5-9-22(20)23/h2-13,23-24H,14-16H2,1H3,(H,28,32)(H,30,31)/t24-/m0/s1. The number of benzene rings is 3. The molecule has 33 heavy (non-hydrogen) atoms. The summed E-state index contributed by atoms with van der Waals surface area (Å²) in [5, 5.41) is 12.7. The van der Waals surface area contributed by atoms with Crippen LogP contribution in [-0.2, 0) is 9.53 Å². The predicted octanol–water partition coefficient (Wildman–Crippen LogP) is 5.16. The number of ether oxygens (including phenoxy) is 1. The minimum Gasteiger partial charge on any atom is -0.480 e. The molecule has 1 aliphatic rings. The zero-order valence-corrected chi connectivity index (χ0v) is 19.0. The molecule has 0 aromatic heterocycles. The van der Waals surface area contributed by atoms with Crippen LogP contribution in [0.4, 0.5) is 10.5 Å². The van der Waals surface area contributed by atoms with E-state index >= 15 is 0 Å². The minimum absolute atomic E-state index is 0.0810. The van der Waals surface area contributed by atoms with Crippen molar-refractivity contribution in [3.8, 4) is 11.1 Å². The monoisotopic (exact) mass is 464 g/mol. The van der Waals surface area contributed by atoms with E-state index in [2.05, 4.69) is 17.4 Å². The number of anilines is 1. The van der Waals surface area contributed by atoms with Crippen molar-refractivity contribution >= 4 is 29.4 Å². The van der Waals surface area contributed by atoms with E-state index in [4.69, 9.17) is 16.3 Å². The van der Waals surface area contributed by atoms with Gasteiger partial charge >= 0.3 is 12.1 Å². The number of carbonyl (C=O) groups excluding carboxylic acids is 1. The molecule has 6 nitrogen and oxygen atoms in total. The number of nitrogens with zero attached hydrogens (tertiary/aromatic N) is 1. The molecule has 0 bridgehead atoms. The highest BCUT2D eigenvalue weighted by atomic mass is 35.5. The maximum absolute atomic E-state index is 12.5. The van der Waals surface area contributed by atoms with Gasteiger partial charge in [-0.1, -0.05) is 60.1 Å². The Kier molecular flexibility index (Phi) is 6.84. The van der Waals surface area contributed by atoms with Gasteiger partial charge in [0.15, 0.2) is 0 Å². The molecular weight excluding hydrogens is 440 g/mol. The highest BCUT2D eigenvalue weighted by molar-refractivity contribution is 6.30. The van der Waals surface area contributed by atoms with E-state index in [1.54, 1.807) is 12.1 Å². The summed E-state index contributed by atoms with van der Waals surface area (Å²) in [6, 6.07) is 22.3. The molecule has 0 radical (unpaired) electrons. The third-order valence-corrected chi connectivity index (χ3v) is 6.21. The van der Waals surface area contributed by atoms with Crippen molar-refractivity contribution < 1.29 is 19.4 Å². The summed E-state index contributed by atoms with van der Waals surface area (Å²) in [4.78, 5) is 26.1. The maximum atomic E-state index is 12.5. The van der Waals surface area contributed by atoms with E-state index in [0.717, 1.165) is 27.9 Å². The van der Waals surface area contributed by atoms with Crippen molar-refractivity contribution in [2.45, 2.75) is 18.4 Å². The molecule has 0 unspecified atom stereocenters. The summed E-state index contributed by atoms with van der Waals surface area (Å²) in [7, 11) is 1.86. The Morgan fingerprint density at radius 2 is 1.58 bits per heavy atom. The molecule has 4 rings (SSSR count). The third kappa shape index (κ3) is 5.12. The van der Waals surface area contributed by atoms with Crippen LogP contribution in [0.3, 0.4) is 0 Å². The van der Waals surface area contributed by atoms with Gasteiger partial charge in [-0.15, -0.1) is 0 Å². The van der Waals surface area contributed by atoms with Crippen molar-refractivity contribution in [3.63, 3.8) is 0 Å². The number of rotatable bonds is 8. The maximum Gasteiger partial charge on any atom is 0.407 e. The quantitative estimate of drug-likeness (QED) is 0.481. The van der Waals surface area contributed by atoms with Gasteiger partial charge in [-0.05, 0) is 52.9 Å². The summed E-state index contributed by atoms with van der Waals surface area (Å²) >= 11 is 5.92. The average molecular weight is 465 g/mol. The van der Waals surface area contributed by atoms with Crippen LogP contribution in [0.1, 0.15) is 23.5 Å². The Labute approximate surface area is 197 Å². The number of carbonyl (C=O) groups is 2. The number of nitrogens with one attached hydrogen (secondary N) is 1. The highest BCUT2D eigenvalue weighted by Gasteiger charge is 2.29. The fourth-order valence-electron chi connectivity index (χ4n) is 4.19. The molecule has 0 heterocycles. The average Bonchev–Trinajstić information content (AvgIpc) is 3.14. The fraction of sp³-hybridized carbons (Fsp3) is 0.231. The largest absolute Gasteiger partial charge is 0.480 e. The van der Waals surface area contributed by atoms with Crippen molar-refractivity contribution in [1.82, 2.24) is 5.32 Å². The third-order valence-electron chi connectivity index (χ3n) is 5.95. The van der Waals surface area contributed by atoms with E-state index in [1.165, 1.54) is 0 Å². The Balaban J connectivity index is 1.35. The summed E-state index contributed by atoms with van der Waals surface area (Å²) in [5.41, 5.74) is 5.38. The molecule has 1 atom stereocenters. The minimum atomic E-state index is -1.10. The number of amides is 1. The van der Waals surface area contributed by atoms with Gasteiger partial charge in [-0.25, -0.2) is 9.59 Å². The lowest BCUT2D eigenvalue weighted by Gasteiger charge is -2.22. The Morgan fingerprint density at radius 3 is 2.15 bits per heavy atom. The lowest BCUT2D eigenvalue weighted by Crippen LogP contribution is -2.43. The molecule has 0 saturated carbocycles. The van der Waals surface area contributed by atoms with Gasteiger partial charge in [0.05, 0.1) is 0 Å². The van der Waals surface area contributed by atoms with Crippen LogP contribution in [0.15, 0.2) is 72.8 Å². The van der Waals surface area contributed by atoms with Crippen molar-refractivity contribution in [1.29, 1.82) is 0 Å². The SMILES string of the molecule is CN(CC[C@H](NC(=O)OCC1c2ccccc2-c2ccccc21)C(=O)O)c1ccc(Cl)cc1. The van der Waals surface area contributed by atoms with Gasteiger partial charge in [0, 0.05) is 30.2 Å². The van der Waals surface area contributed by atoms with Gasteiger partial charge < -0.3 is 20.1 Å². The second-order valence-electron chi connectivity index (χ2n) is 8.05. The number of hydrogen-bond acceptors (Lipinski definition) is 4. The number of hydrogen-bond donors (Lipinski definition) is 2. The van der Waals surface area contributed by atoms with Crippen molar-refractivity contribution in [2.75, 3.05) is 25.1 Å². The van der Waals surface area contributed by atoms with Crippen molar-refractivity contribution in [2.24, 2.45) is 0 Å². The van der Waals surface area contributed by atoms with Gasteiger partial charge in [-0.3, -0.25) is 0 Å². The van der Waals surface area contributed by atoms with Gasteiger partial charge in [-0.2, -0.15) is 0 Å². The molecule has 7 heteroatoms. The first-order valence-corrected chi connectivity index (χ1v) is 11.1. The number of carboxylic acids is 1. The Morgan fingerprint density at radius 1 is 1.00 bits per heavy atom. The number of fused-ring (bicyclic) bond motifs is 3. The number of aliphatic carboxylic acids is 1. The smallest absolute Gasteiger partial charge is 0.407 e. The molecule has 3 aromatic rings. The summed E-state index contributed by atoms with van der Waals surface area (Å²) in [6.07, 6.45) is -0.517. The topological polar surface area (TPSA) is 78.9 Å². The molecule has 3 aromatic carbocycles. The Hall–Kier alpha value is -3.51. The van der Waals surface area contributed by atoms with E-state index in [9.17, 15) is 14.7 Å². The number of alkyl carbamates (subject to hydrolysis) is 1. The normalized spacial score (nSPS) is 13.0. The molecule has 170 valence electrons. The fourth-order valence-corrected chi connectivity index (χ4v) is 4.31. The van der Waals surface area contributed by atoms with Crippen molar-refractivity contribution in [3.05, 3.63) is 88.9 Å². The first-order chi connectivity index (χ1) is 15.9. The van der Waals surface area contributed by atoms with E-state index in [1.807, 2.05) is 60.5 Å². The molecule has 0 spiro atoms. The van der Waals surface area contributed by atoms with Gasteiger partial charge in [0.25, 0.3) is 0 Å². The van der Waals surface area contributed by atoms with Crippen LogP contribution in [0, 0.1) is 0 Å².